The third kappa shape index (κ3) is 4.60. The summed E-state index contributed by atoms with van der Waals surface area (Å²) in [5.41, 5.74) is 0.520. The van der Waals surface area contributed by atoms with Gasteiger partial charge in [-0.2, -0.15) is 0 Å². The fourth-order valence-corrected chi connectivity index (χ4v) is 3.32. The van der Waals surface area contributed by atoms with Crippen LogP contribution in [-0.2, 0) is 0 Å². The summed E-state index contributed by atoms with van der Waals surface area (Å²) >= 11 is 5.96. The Morgan fingerprint density at radius 3 is 2.96 bits per heavy atom. The van der Waals surface area contributed by atoms with Crippen molar-refractivity contribution in [3.63, 3.8) is 0 Å². The van der Waals surface area contributed by atoms with Crippen LogP contribution in [0.25, 0.3) is 0 Å². The monoisotopic (exact) mass is 369 g/mol. The molecule has 0 spiro atoms. The Morgan fingerprint density at radius 1 is 1.38 bits per heavy atom. The van der Waals surface area contributed by atoms with Crippen molar-refractivity contribution in [1.82, 2.24) is 15.3 Å². The number of amides is 1. The molecule has 0 bridgehead atoms. The number of hydrogen-bond acceptors (Lipinski definition) is 4. The highest BCUT2D eigenvalue weighted by Gasteiger charge is 2.34. The highest BCUT2D eigenvalue weighted by molar-refractivity contribution is 6.30. The van der Waals surface area contributed by atoms with Gasteiger partial charge in [-0.3, -0.25) is 9.78 Å². The van der Waals surface area contributed by atoms with Gasteiger partial charge in [-0.1, -0.05) is 29.5 Å². The molecule has 3 rings (SSSR count). The van der Waals surface area contributed by atoms with E-state index in [1.807, 2.05) is 12.1 Å². The number of carbonyl (C=O) groups excluding carboxylic acids is 1. The van der Waals surface area contributed by atoms with E-state index in [1.54, 1.807) is 25.3 Å². The standard InChI is InChI=1S/C20H20ClN3O2/c1-14-18(23-11-10-22-14)19(25)24-17-6-3-8-20(26,13-17)9-7-15-4-2-5-16(21)12-15/h2,4-5,10-12,17,26H,3,6,8,13H2,1H3,(H,24,25)/t17-,20-/m1/s1. The zero-order chi connectivity index (χ0) is 18.6. The second-order valence-electron chi connectivity index (χ2n) is 6.55. The van der Waals surface area contributed by atoms with E-state index in [-0.39, 0.29) is 11.9 Å². The maximum absolute atomic E-state index is 12.4. The van der Waals surface area contributed by atoms with Gasteiger partial charge >= 0.3 is 0 Å². The van der Waals surface area contributed by atoms with Gasteiger partial charge in [-0.15, -0.1) is 0 Å². The molecular formula is C20H20ClN3O2. The van der Waals surface area contributed by atoms with Crippen molar-refractivity contribution < 1.29 is 9.90 Å². The van der Waals surface area contributed by atoms with Crippen molar-refractivity contribution in [3.8, 4) is 11.8 Å². The van der Waals surface area contributed by atoms with Crippen molar-refractivity contribution in [1.29, 1.82) is 0 Å². The number of nitrogens with one attached hydrogen (secondary N) is 1. The van der Waals surface area contributed by atoms with Crippen LogP contribution < -0.4 is 5.32 Å². The van der Waals surface area contributed by atoms with Gasteiger partial charge in [0.05, 0.1) is 5.69 Å². The molecule has 134 valence electrons. The first kappa shape index (κ1) is 18.4. The summed E-state index contributed by atoms with van der Waals surface area (Å²) in [6.45, 7) is 1.75. The fraction of sp³-hybridized carbons (Fsp3) is 0.350. The van der Waals surface area contributed by atoms with Gasteiger partial charge in [-0.05, 0) is 44.4 Å². The molecule has 6 heteroatoms. The van der Waals surface area contributed by atoms with E-state index in [0.29, 0.717) is 29.3 Å². The Balaban J connectivity index is 1.69. The maximum Gasteiger partial charge on any atom is 0.271 e. The van der Waals surface area contributed by atoms with Crippen LogP contribution in [-0.4, -0.2) is 32.6 Å². The molecule has 0 aliphatic heterocycles. The number of rotatable bonds is 2. The summed E-state index contributed by atoms with van der Waals surface area (Å²) < 4.78 is 0. The predicted octanol–water partition coefficient (Wildman–Crippen LogP) is 2.89. The average Bonchev–Trinajstić information content (AvgIpc) is 2.61. The fourth-order valence-electron chi connectivity index (χ4n) is 3.13. The van der Waals surface area contributed by atoms with Gasteiger partial charge in [0.2, 0.25) is 0 Å². The number of hydrogen-bond donors (Lipinski definition) is 2. The SMILES string of the molecule is Cc1nccnc1C(=O)N[C@@H]1CCC[C@@](O)(C#Cc2cccc(Cl)c2)C1. The molecule has 1 amide bonds. The summed E-state index contributed by atoms with van der Waals surface area (Å²) in [6.07, 6.45) is 5.59. The minimum Gasteiger partial charge on any atom is -0.378 e. The second-order valence-corrected chi connectivity index (χ2v) is 6.99. The van der Waals surface area contributed by atoms with Gasteiger partial charge in [0.25, 0.3) is 5.91 Å². The van der Waals surface area contributed by atoms with Crippen molar-refractivity contribution in [2.45, 2.75) is 44.2 Å². The molecule has 1 heterocycles. The summed E-state index contributed by atoms with van der Waals surface area (Å²) in [6, 6.07) is 7.06. The normalized spacial score (nSPS) is 22.2. The van der Waals surface area contributed by atoms with Crippen molar-refractivity contribution in [2.24, 2.45) is 0 Å². The first-order valence-electron chi connectivity index (χ1n) is 8.55. The van der Waals surface area contributed by atoms with Crippen LogP contribution in [0.1, 0.15) is 47.4 Å². The molecule has 1 aromatic heterocycles. The van der Waals surface area contributed by atoms with Crippen molar-refractivity contribution >= 4 is 17.5 Å². The van der Waals surface area contributed by atoms with E-state index < -0.39 is 5.60 Å². The molecule has 1 saturated carbocycles. The lowest BCUT2D eigenvalue weighted by atomic mass is 9.82. The van der Waals surface area contributed by atoms with E-state index in [0.717, 1.165) is 18.4 Å². The molecule has 2 aromatic rings. The molecular weight excluding hydrogens is 350 g/mol. The van der Waals surface area contributed by atoms with Gasteiger partial charge in [0.15, 0.2) is 0 Å². The van der Waals surface area contributed by atoms with Gasteiger partial charge in [-0.25, -0.2) is 4.98 Å². The molecule has 1 aliphatic rings. The number of aromatic nitrogens is 2. The molecule has 1 aliphatic carbocycles. The molecule has 2 N–H and O–H groups in total. The summed E-state index contributed by atoms with van der Waals surface area (Å²) in [5.74, 6) is 5.68. The number of aryl methyl sites for hydroxylation is 1. The highest BCUT2D eigenvalue weighted by Crippen LogP contribution is 2.28. The minimum atomic E-state index is -1.13. The van der Waals surface area contributed by atoms with Crippen LogP contribution in [0.4, 0.5) is 0 Å². The Morgan fingerprint density at radius 2 is 2.19 bits per heavy atom. The lowest BCUT2D eigenvalue weighted by Crippen LogP contribution is -2.45. The lowest BCUT2D eigenvalue weighted by molar-refractivity contribution is 0.0451. The molecule has 2 atom stereocenters. The first-order chi connectivity index (χ1) is 12.5. The van der Waals surface area contributed by atoms with E-state index >= 15 is 0 Å². The van der Waals surface area contributed by atoms with E-state index in [2.05, 4.69) is 27.1 Å². The minimum absolute atomic E-state index is 0.156. The average molecular weight is 370 g/mol. The van der Waals surface area contributed by atoms with Gasteiger partial charge in [0, 0.05) is 35.4 Å². The van der Waals surface area contributed by atoms with E-state index in [4.69, 9.17) is 11.6 Å². The molecule has 1 aromatic carbocycles. The Labute approximate surface area is 157 Å². The number of nitrogens with zero attached hydrogens (tertiary/aromatic N) is 2. The quantitative estimate of drug-likeness (QED) is 0.798. The van der Waals surface area contributed by atoms with Crippen LogP contribution in [0.3, 0.4) is 0 Å². The van der Waals surface area contributed by atoms with Crippen LogP contribution in [0.15, 0.2) is 36.7 Å². The zero-order valence-electron chi connectivity index (χ0n) is 14.5. The lowest BCUT2D eigenvalue weighted by Gasteiger charge is -2.33. The van der Waals surface area contributed by atoms with Crippen LogP contribution in [0.2, 0.25) is 5.02 Å². The van der Waals surface area contributed by atoms with Crippen molar-refractivity contribution in [3.05, 3.63) is 58.6 Å². The number of benzene rings is 1. The van der Waals surface area contributed by atoms with Crippen LogP contribution >= 0.6 is 11.6 Å². The van der Waals surface area contributed by atoms with Gasteiger partial charge < -0.3 is 10.4 Å². The highest BCUT2D eigenvalue weighted by atomic mass is 35.5. The molecule has 0 unspecified atom stereocenters. The number of aliphatic hydroxyl groups is 1. The van der Waals surface area contributed by atoms with E-state index in [1.165, 1.54) is 6.20 Å². The van der Waals surface area contributed by atoms with Crippen LogP contribution in [0.5, 0.6) is 0 Å². The summed E-state index contributed by atoms with van der Waals surface area (Å²) in [4.78, 5) is 20.6. The maximum atomic E-state index is 12.4. The van der Waals surface area contributed by atoms with Crippen LogP contribution in [0, 0.1) is 18.8 Å². The molecule has 1 fully saturated rings. The second kappa shape index (κ2) is 7.86. The van der Waals surface area contributed by atoms with E-state index in [9.17, 15) is 9.90 Å². The number of carbonyl (C=O) groups is 1. The third-order valence-electron chi connectivity index (χ3n) is 4.42. The molecule has 5 nitrogen and oxygen atoms in total. The predicted molar refractivity (Wildman–Crippen MR) is 99.8 cm³/mol. The Bertz CT molecular complexity index is 875. The zero-order valence-corrected chi connectivity index (χ0v) is 15.3. The number of halogens is 1. The third-order valence-corrected chi connectivity index (χ3v) is 4.66. The van der Waals surface area contributed by atoms with Gasteiger partial charge in [0.1, 0.15) is 11.3 Å². The smallest absolute Gasteiger partial charge is 0.271 e. The largest absolute Gasteiger partial charge is 0.378 e. The van der Waals surface area contributed by atoms with Crippen molar-refractivity contribution in [2.75, 3.05) is 0 Å². The first-order valence-corrected chi connectivity index (χ1v) is 8.93. The topological polar surface area (TPSA) is 75.1 Å². The Kier molecular flexibility index (Phi) is 5.55. The summed E-state index contributed by atoms with van der Waals surface area (Å²) in [7, 11) is 0. The molecule has 26 heavy (non-hydrogen) atoms. The molecule has 0 saturated heterocycles. The molecule has 0 radical (unpaired) electrons. The summed E-state index contributed by atoms with van der Waals surface area (Å²) in [5, 5.41) is 14.4. The Hall–Kier alpha value is -2.42.